The number of rotatable bonds is 8. The second-order valence-electron chi connectivity index (χ2n) is 4.21. The summed E-state index contributed by atoms with van der Waals surface area (Å²) in [7, 11) is 1.58. The van der Waals surface area contributed by atoms with Crippen LogP contribution in [0.1, 0.15) is 23.6 Å². The monoisotopic (exact) mass is 274 g/mol. The molecular formula is C13H20F2N2O2. The first-order valence-corrected chi connectivity index (χ1v) is 6.09. The van der Waals surface area contributed by atoms with Crippen molar-refractivity contribution in [2.75, 3.05) is 26.9 Å². The molecule has 0 heterocycles. The zero-order chi connectivity index (χ0) is 14.3. The molecule has 0 aliphatic heterocycles. The van der Waals surface area contributed by atoms with Crippen LogP contribution >= 0.6 is 0 Å². The third kappa shape index (κ3) is 4.50. The third-order valence-corrected chi connectivity index (χ3v) is 2.86. The van der Waals surface area contributed by atoms with Gasteiger partial charge in [0.2, 0.25) is 0 Å². The van der Waals surface area contributed by atoms with Gasteiger partial charge in [-0.15, -0.1) is 0 Å². The SMILES string of the molecule is COCCOCCC(NN)c1ccc(C)c(F)c1F. The van der Waals surface area contributed by atoms with Crippen LogP contribution < -0.4 is 11.3 Å². The lowest BCUT2D eigenvalue weighted by Crippen LogP contribution is -2.30. The van der Waals surface area contributed by atoms with Crippen molar-refractivity contribution in [3.8, 4) is 0 Å². The average molecular weight is 274 g/mol. The van der Waals surface area contributed by atoms with Crippen LogP contribution in [-0.4, -0.2) is 26.9 Å². The van der Waals surface area contributed by atoms with Gasteiger partial charge in [0.25, 0.3) is 0 Å². The number of aryl methyl sites for hydroxylation is 1. The summed E-state index contributed by atoms with van der Waals surface area (Å²) in [6, 6.07) is 2.58. The van der Waals surface area contributed by atoms with Crippen molar-refractivity contribution in [2.24, 2.45) is 5.84 Å². The van der Waals surface area contributed by atoms with E-state index in [0.29, 0.717) is 26.2 Å². The summed E-state index contributed by atoms with van der Waals surface area (Å²) in [4.78, 5) is 0. The minimum absolute atomic E-state index is 0.209. The maximum absolute atomic E-state index is 13.8. The first-order chi connectivity index (χ1) is 9.11. The lowest BCUT2D eigenvalue weighted by atomic mass is 10.0. The zero-order valence-electron chi connectivity index (χ0n) is 11.2. The summed E-state index contributed by atoms with van der Waals surface area (Å²) < 4.78 is 37.4. The Balaban J connectivity index is 2.62. The lowest BCUT2D eigenvalue weighted by Gasteiger charge is -2.17. The number of hydrogen-bond donors (Lipinski definition) is 2. The Labute approximate surface area is 111 Å². The lowest BCUT2D eigenvalue weighted by molar-refractivity contribution is 0.0656. The summed E-state index contributed by atoms with van der Waals surface area (Å²) in [6.07, 6.45) is 0.444. The normalized spacial score (nSPS) is 12.7. The second kappa shape index (κ2) is 8.16. The van der Waals surface area contributed by atoms with Gasteiger partial charge in [-0.1, -0.05) is 12.1 Å². The molecule has 0 radical (unpaired) electrons. The number of nitrogens with one attached hydrogen (secondary N) is 1. The molecule has 0 bridgehead atoms. The van der Waals surface area contributed by atoms with E-state index < -0.39 is 17.7 Å². The van der Waals surface area contributed by atoms with Crippen LogP contribution in [0.2, 0.25) is 0 Å². The topological polar surface area (TPSA) is 56.5 Å². The van der Waals surface area contributed by atoms with Crippen LogP contribution in [0.15, 0.2) is 12.1 Å². The van der Waals surface area contributed by atoms with Crippen molar-refractivity contribution in [3.63, 3.8) is 0 Å². The number of nitrogens with two attached hydrogens (primary N) is 1. The molecule has 1 rings (SSSR count). The summed E-state index contributed by atoms with van der Waals surface area (Å²) in [5.41, 5.74) is 2.96. The molecule has 4 nitrogen and oxygen atoms in total. The van der Waals surface area contributed by atoms with Crippen LogP contribution in [0.5, 0.6) is 0 Å². The van der Waals surface area contributed by atoms with Crippen molar-refractivity contribution in [1.29, 1.82) is 0 Å². The highest BCUT2D eigenvalue weighted by atomic mass is 19.2. The van der Waals surface area contributed by atoms with Gasteiger partial charge in [-0.05, 0) is 18.9 Å². The summed E-state index contributed by atoms with van der Waals surface area (Å²) >= 11 is 0. The van der Waals surface area contributed by atoms with E-state index in [1.165, 1.54) is 19.1 Å². The van der Waals surface area contributed by atoms with Crippen LogP contribution in [0.3, 0.4) is 0 Å². The Morgan fingerprint density at radius 3 is 2.58 bits per heavy atom. The number of hydrazine groups is 1. The number of hydrogen-bond acceptors (Lipinski definition) is 4. The van der Waals surface area contributed by atoms with Gasteiger partial charge < -0.3 is 9.47 Å². The largest absolute Gasteiger partial charge is 0.382 e. The molecule has 0 aliphatic carbocycles. The van der Waals surface area contributed by atoms with Crippen molar-refractivity contribution in [2.45, 2.75) is 19.4 Å². The molecular weight excluding hydrogens is 254 g/mol. The van der Waals surface area contributed by atoms with E-state index in [2.05, 4.69) is 5.43 Å². The van der Waals surface area contributed by atoms with E-state index in [9.17, 15) is 8.78 Å². The molecule has 0 saturated carbocycles. The van der Waals surface area contributed by atoms with E-state index in [1.807, 2.05) is 0 Å². The quantitative estimate of drug-likeness (QED) is 0.431. The molecule has 0 aliphatic rings. The van der Waals surface area contributed by atoms with E-state index in [1.54, 1.807) is 7.11 Å². The van der Waals surface area contributed by atoms with Crippen LogP contribution in [0.4, 0.5) is 8.78 Å². The standard InChI is InChI=1S/C13H20F2N2O2/c1-9-3-4-10(13(15)12(9)14)11(17-16)5-6-19-8-7-18-2/h3-4,11,17H,5-8,16H2,1-2H3. The molecule has 6 heteroatoms. The molecule has 108 valence electrons. The van der Waals surface area contributed by atoms with Gasteiger partial charge in [0.05, 0.1) is 19.3 Å². The molecule has 1 unspecified atom stereocenters. The van der Waals surface area contributed by atoms with Crippen LogP contribution in [-0.2, 0) is 9.47 Å². The molecule has 0 fully saturated rings. The van der Waals surface area contributed by atoms with Gasteiger partial charge >= 0.3 is 0 Å². The summed E-state index contributed by atoms with van der Waals surface area (Å²) in [6.45, 7) is 2.85. The molecule has 0 saturated heterocycles. The fourth-order valence-corrected chi connectivity index (χ4v) is 1.70. The van der Waals surface area contributed by atoms with E-state index in [-0.39, 0.29) is 11.1 Å². The highest BCUT2D eigenvalue weighted by molar-refractivity contribution is 5.27. The minimum Gasteiger partial charge on any atom is -0.382 e. The number of ether oxygens (including phenoxy) is 2. The molecule has 0 spiro atoms. The van der Waals surface area contributed by atoms with Crippen molar-refractivity contribution in [1.82, 2.24) is 5.43 Å². The van der Waals surface area contributed by atoms with Crippen molar-refractivity contribution < 1.29 is 18.3 Å². The van der Waals surface area contributed by atoms with E-state index in [4.69, 9.17) is 15.3 Å². The Morgan fingerprint density at radius 2 is 1.95 bits per heavy atom. The molecule has 19 heavy (non-hydrogen) atoms. The Hall–Kier alpha value is -1.08. The van der Waals surface area contributed by atoms with Gasteiger partial charge in [-0.3, -0.25) is 11.3 Å². The number of benzene rings is 1. The second-order valence-corrected chi connectivity index (χ2v) is 4.21. The summed E-state index contributed by atoms with van der Waals surface area (Å²) in [5.74, 6) is 3.69. The minimum atomic E-state index is -0.861. The molecule has 3 N–H and O–H groups in total. The maximum atomic E-state index is 13.8. The summed E-state index contributed by atoms with van der Waals surface area (Å²) in [5, 5.41) is 0. The predicted molar refractivity (Wildman–Crippen MR) is 68.5 cm³/mol. The van der Waals surface area contributed by atoms with Gasteiger partial charge in [0.1, 0.15) is 0 Å². The third-order valence-electron chi connectivity index (χ3n) is 2.86. The Morgan fingerprint density at radius 1 is 1.21 bits per heavy atom. The van der Waals surface area contributed by atoms with Gasteiger partial charge in [0.15, 0.2) is 11.6 Å². The highest BCUT2D eigenvalue weighted by Gasteiger charge is 2.18. The van der Waals surface area contributed by atoms with E-state index in [0.717, 1.165) is 0 Å². The fourth-order valence-electron chi connectivity index (χ4n) is 1.70. The Kier molecular flexibility index (Phi) is 6.86. The van der Waals surface area contributed by atoms with Gasteiger partial charge in [-0.25, -0.2) is 8.78 Å². The van der Waals surface area contributed by atoms with Gasteiger partial charge in [0, 0.05) is 19.3 Å². The number of methoxy groups -OCH3 is 1. The first-order valence-electron chi connectivity index (χ1n) is 6.09. The zero-order valence-corrected chi connectivity index (χ0v) is 11.2. The average Bonchev–Trinajstić information content (AvgIpc) is 2.41. The van der Waals surface area contributed by atoms with Crippen molar-refractivity contribution >= 4 is 0 Å². The molecule has 1 atom stereocenters. The van der Waals surface area contributed by atoms with Crippen molar-refractivity contribution in [3.05, 3.63) is 34.9 Å². The fraction of sp³-hybridized carbons (Fsp3) is 0.538. The molecule has 1 aromatic rings. The molecule has 1 aromatic carbocycles. The molecule has 0 amide bonds. The Bertz CT molecular complexity index is 402. The van der Waals surface area contributed by atoms with Crippen LogP contribution in [0, 0.1) is 18.6 Å². The smallest absolute Gasteiger partial charge is 0.163 e. The maximum Gasteiger partial charge on any atom is 0.163 e. The molecule has 0 aromatic heterocycles. The van der Waals surface area contributed by atoms with Crippen LogP contribution in [0.25, 0.3) is 0 Å². The number of halogens is 2. The highest BCUT2D eigenvalue weighted by Crippen LogP contribution is 2.23. The first kappa shape index (κ1) is 16.0. The van der Waals surface area contributed by atoms with Gasteiger partial charge in [-0.2, -0.15) is 0 Å². The van der Waals surface area contributed by atoms with E-state index >= 15 is 0 Å². The predicted octanol–water partition coefficient (Wildman–Crippen LogP) is 1.83.